The molecule has 0 fully saturated rings. The molecule has 0 radical (unpaired) electrons. The smallest absolute Gasteiger partial charge is 0.161 e. The van der Waals surface area contributed by atoms with Gasteiger partial charge in [0.2, 0.25) is 0 Å². The van der Waals surface area contributed by atoms with Crippen LogP contribution in [0.1, 0.15) is 28.3 Å². The van der Waals surface area contributed by atoms with Crippen LogP contribution in [0.5, 0.6) is 17.2 Å². The van der Waals surface area contributed by atoms with Crippen molar-refractivity contribution in [3.05, 3.63) is 52.6 Å². The molecule has 0 saturated heterocycles. The second-order valence-corrected chi connectivity index (χ2v) is 5.79. The fourth-order valence-corrected chi connectivity index (χ4v) is 3.24. The lowest BCUT2D eigenvalue weighted by atomic mass is 9.88. The summed E-state index contributed by atoms with van der Waals surface area (Å²) >= 11 is 0. The molecule has 1 unspecified atom stereocenters. The highest BCUT2D eigenvalue weighted by molar-refractivity contribution is 5.53. The Balaban J connectivity index is 2.13. The van der Waals surface area contributed by atoms with Crippen LogP contribution in [0.4, 0.5) is 0 Å². The zero-order chi connectivity index (χ0) is 16.4. The molecule has 2 aromatic rings. The molecule has 2 aromatic carbocycles. The SMILES string of the molecule is COc1cc2c(cc1OC)C(c1cc(C)ccc1OC)NCC2. The number of aryl methyl sites for hydroxylation is 1. The van der Waals surface area contributed by atoms with Crippen molar-refractivity contribution >= 4 is 0 Å². The van der Waals surface area contributed by atoms with Gasteiger partial charge in [-0.15, -0.1) is 0 Å². The minimum absolute atomic E-state index is 0.0911. The zero-order valence-electron chi connectivity index (χ0n) is 14.1. The number of benzene rings is 2. The third-order valence-electron chi connectivity index (χ3n) is 4.40. The largest absolute Gasteiger partial charge is 0.496 e. The molecule has 0 saturated carbocycles. The number of hydrogen-bond acceptors (Lipinski definition) is 4. The van der Waals surface area contributed by atoms with Crippen molar-refractivity contribution in [2.75, 3.05) is 27.9 Å². The van der Waals surface area contributed by atoms with E-state index in [0.29, 0.717) is 0 Å². The zero-order valence-corrected chi connectivity index (χ0v) is 14.1. The molecule has 4 nitrogen and oxygen atoms in total. The Bertz CT molecular complexity index is 712. The van der Waals surface area contributed by atoms with Gasteiger partial charge < -0.3 is 19.5 Å². The van der Waals surface area contributed by atoms with Crippen LogP contribution >= 0.6 is 0 Å². The highest BCUT2D eigenvalue weighted by Gasteiger charge is 2.26. The standard InChI is InChI=1S/C19H23NO3/c1-12-5-6-16(21-2)15(9-12)19-14-11-18(23-4)17(22-3)10-13(14)7-8-20-19/h5-6,9-11,19-20H,7-8H2,1-4H3. The molecule has 0 aromatic heterocycles. The van der Waals surface area contributed by atoms with Gasteiger partial charge in [-0.05, 0) is 42.7 Å². The molecule has 23 heavy (non-hydrogen) atoms. The van der Waals surface area contributed by atoms with Crippen molar-refractivity contribution in [2.45, 2.75) is 19.4 Å². The summed E-state index contributed by atoms with van der Waals surface area (Å²) in [5, 5.41) is 3.61. The van der Waals surface area contributed by atoms with Gasteiger partial charge in [0.05, 0.1) is 27.4 Å². The Morgan fingerprint density at radius 3 is 2.26 bits per heavy atom. The highest BCUT2D eigenvalue weighted by atomic mass is 16.5. The van der Waals surface area contributed by atoms with Crippen LogP contribution in [0.2, 0.25) is 0 Å². The first-order chi connectivity index (χ1) is 11.2. The maximum atomic E-state index is 5.57. The predicted molar refractivity (Wildman–Crippen MR) is 90.8 cm³/mol. The molecule has 3 rings (SSSR count). The number of fused-ring (bicyclic) bond motifs is 1. The van der Waals surface area contributed by atoms with Crippen LogP contribution in [0, 0.1) is 6.92 Å². The molecule has 1 atom stereocenters. The Morgan fingerprint density at radius 1 is 0.870 bits per heavy atom. The normalized spacial score (nSPS) is 16.6. The summed E-state index contributed by atoms with van der Waals surface area (Å²) in [4.78, 5) is 0. The van der Waals surface area contributed by atoms with E-state index in [1.54, 1.807) is 21.3 Å². The van der Waals surface area contributed by atoms with Crippen molar-refractivity contribution in [3.63, 3.8) is 0 Å². The predicted octanol–water partition coefficient (Wildman–Crippen LogP) is 3.26. The van der Waals surface area contributed by atoms with E-state index in [2.05, 4.69) is 36.5 Å². The molecule has 122 valence electrons. The summed E-state index contributed by atoms with van der Waals surface area (Å²) in [6.07, 6.45) is 0.973. The fourth-order valence-electron chi connectivity index (χ4n) is 3.24. The van der Waals surface area contributed by atoms with Gasteiger partial charge in [0.1, 0.15) is 5.75 Å². The second kappa shape index (κ2) is 6.50. The van der Waals surface area contributed by atoms with E-state index in [0.717, 1.165) is 35.8 Å². The topological polar surface area (TPSA) is 39.7 Å². The van der Waals surface area contributed by atoms with Crippen molar-refractivity contribution in [2.24, 2.45) is 0 Å². The lowest BCUT2D eigenvalue weighted by Crippen LogP contribution is -2.31. The number of hydrogen-bond donors (Lipinski definition) is 1. The number of methoxy groups -OCH3 is 3. The van der Waals surface area contributed by atoms with Gasteiger partial charge in [-0.25, -0.2) is 0 Å². The second-order valence-electron chi connectivity index (χ2n) is 5.79. The maximum Gasteiger partial charge on any atom is 0.161 e. The van der Waals surface area contributed by atoms with Crippen molar-refractivity contribution in [1.82, 2.24) is 5.32 Å². The summed E-state index contributed by atoms with van der Waals surface area (Å²) in [5.74, 6) is 2.44. The molecule has 1 aliphatic heterocycles. The molecule has 1 N–H and O–H groups in total. The molecule has 4 heteroatoms. The summed E-state index contributed by atoms with van der Waals surface area (Å²) in [6, 6.07) is 10.5. The molecule has 0 spiro atoms. The van der Waals surface area contributed by atoms with Gasteiger partial charge >= 0.3 is 0 Å². The van der Waals surface area contributed by atoms with E-state index in [9.17, 15) is 0 Å². The molecule has 1 heterocycles. The van der Waals surface area contributed by atoms with Crippen LogP contribution in [0.3, 0.4) is 0 Å². The van der Waals surface area contributed by atoms with Gasteiger partial charge in [0.15, 0.2) is 11.5 Å². The van der Waals surface area contributed by atoms with Crippen LogP contribution in [0.25, 0.3) is 0 Å². The van der Waals surface area contributed by atoms with Crippen LogP contribution in [-0.4, -0.2) is 27.9 Å². The number of rotatable bonds is 4. The van der Waals surface area contributed by atoms with Gasteiger partial charge in [0, 0.05) is 12.1 Å². The lowest BCUT2D eigenvalue weighted by molar-refractivity contribution is 0.352. The summed E-state index contributed by atoms with van der Waals surface area (Å²) in [7, 11) is 5.06. The van der Waals surface area contributed by atoms with E-state index in [4.69, 9.17) is 14.2 Å². The van der Waals surface area contributed by atoms with Crippen molar-refractivity contribution in [3.8, 4) is 17.2 Å². The lowest BCUT2D eigenvalue weighted by Gasteiger charge is -2.29. The van der Waals surface area contributed by atoms with Gasteiger partial charge in [-0.1, -0.05) is 17.7 Å². The highest BCUT2D eigenvalue weighted by Crippen LogP contribution is 2.39. The third kappa shape index (κ3) is 2.86. The Hall–Kier alpha value is -2.20. The number of nitrogens with one attached hydrogen (secondary N) is 1. The average molecular weight is 313 g/mol. The Morgan fingerprint density at radius 2 is 1.57 bits per heavy atom. The first kappa shape index (κ1) is 15.7. The molecular formula is C19H23NO3. The summed E-state index contributed by atoms with van der Waals surface area (Å²) in [6.45, 7) is 3.02. The first-order valence-electron chi connectivity index (χ1n) is 7.80. The molecule has 0 amide bonds. The van der Waals surface area contributed by atoms with Gasteiger partial charge in [-0.3, -0.25) is 0 Å². The minimum Gasteiger partial charge on any atom is -0.496 e. The van der Waals surface area contributed by atoms with E-state index in [-0.39, 0.29) is 6.04 Å². The van der Waals surface area contributed by atoms with E-state index in [1.165, 1.54) is 16.7 Å². The quantitative estimate of drug-likeness (QED) is 0.940. The molecule has 0 bridgehead atoms. The van der Waals surface area contributed by atoms with Crippen molar-refractivity contribution in [1.29, 1.82) is 0 Å². The van der Waals surface area contributed by atoms with Gasteiger partial charge in [0.25, 0.3) is 0 Å². The fraction of sp³-hybridized carbons (Fsp3) is 0.368. The summed E-state index contributed by atoms with van der Waals surface area (Å²) in [5.41, 5.74) is 4.88. The molecular weight excluding hydrogens is 290 g/mol. The van der Waals surface area contributed by atoms with E-state index in [1.807, 2.05) is 6.07 Å². The van der Waals surface area contributed by atoms with Crippen LogP contribution in [0.15, 0.2) is 30.3 Å². The maximum absolute atomic E-state index is 5.57. The molecule has 0 aliphatic carbocycles. The first-order valence-corrected chi connectivity index (χ1v) is 7.80. The van der Waals surface area contributed by atoms with Crippen LogP contribution in [-0.2, 0) is 6.42 Å². The summed E-state index contributed by atoms with van der Waals surface area (Å²) < 4.78 is 16.5. The van der Waals surface area contributed by atoms with Gasteiger partial charge in [-0.2, -0.15) is 0 Å². The average Bonchev–Trinajstić information content (AvgIpc) is 2.59. The molecule has 1 aliphatic rings. The van der Waals surface area contributed by atoms with E-state index < -0.39 is 0 Å². The minimum atomic E-state index is 0.0911. The monoisotopic (exact) mass is 313 g/mol. The van der Waals surface area contributed by atoms with E-state index >= 15 is 0 Å². The Kier molecular flexibility index (Phi) is 4.44. The third-order valence-corrected chi connectivity index (χ3v) is 4.40. The number of ether oxygens (including phenoxy) is 3. The Labute approximate surface area is 137 Å². The van der Waals surface area contributed by atoms with Crippen molar-refractivity contribution < 1.29 is 14.2 Å². The van der Waals surface area contributed by atoms with Crippen LogP contribution < -0.4 is 19.5 Å².